The van der Waals surface area contributed by atoms with Gasteiger partial charge in [0.2, 0.25) is 0 Å². The van der Waals surface area contributed by atoms with Crippen molar-refractivity contribution in [3.05, 3.63) is 54.3 Å². The summed E-state index contributed by atoms with van der Waals surface area (Å²) in [6.45, 7) is 2.84. The Hall–Kier alpha value is -3.13. The Kier molecular flexibility index (Phi) is 9.06. The number of ether oxygens (including phenoxy) is 3. The van der Waals surface area contributed by atoms with E-state index in [0.717, 1.165) is 25.7 Å². The number of anilines is 2. The minimum atomic E-state index is -0.967. The van der Waals surface area contributed by atoms with Gasteiger partial charge < -0.3 is 19.3 Å². The molecule has 0 bridgehead atoms. The minimum absolute atomic E-state index is 0.222. The lowest BCUT2D eigenvalue weighted by atomic mass is 9.83. The molecule has 2 aromatic rings. The number of nitrogens with zero attached hydrogens (tertiary/aromatic N) is 1. The highest BCUT2D eigenvalue weighted by Gasteiger charge is 2.25. The largest absolute Gasteiger partial charge is 0.494 e. The van der Waals surface area contributed by atoms with Crippen LogP contribution in [0.3, 0.4) is 0 Å². The van der Waals surface area contributed by atoms with Gasteiger partial charge in [-0.3, -0.25) is 0 Å². The van der Waals surface area contributed by atoms with Crippen LogP contribution in [0.4, 0.5) is 20.6 Å². The van der Waals surface area contributed by atoms with Crippen molar-refractivity contribution in [2.75, 3.05) is 31.3 Å². The summed E-state index contributed by atoms with van der Waals surface area (Å²) in [7, 11) is 0. The van der Waals surface area contributed by atoms with E-state index >= 15 is 0 Å². The molecule has 2 aromatic carbocycles. The third kappa shape index (κ3) is 7.46. The third-order valence-corrected chi connectivity index (χ3v) is 5.64. The molecular formula is C25H30FNO6. The van der Waals surface area contributed by atoms with Crippen molar-refractivity contribution in [2.45, 2.75) is 32.6 Å². The number of hydrogen-bond acceptors (Lipinski definition) is 5. The van der Waals surface area contributed by atoms with E-state index in [1.807, 2.05) is 6.92 Å². The number of benzene rings is 2. The lowest BCUT2D eigenvalue weighted by molar-refractivity contribution is -0.142. The van der Waals surface area contributed by atoms with Gasteiger partial charge in [-0.1, -0.05) is 6.07 Å². The number of rotatable bonds is 10. The Balaban J connectivity index is 1.60. The van der Waals surface area contributed by atoms with Gasteiger partial charge in [-0.2, -0.15) is 0 Å². The van der Waals surface area contributed by atoms with Crippen LogP contribution < -0.4 is 9.64 Å². The van der Waals surface area contributed by atoms with Crippen molar-refractivity contribution in [1.82, 2.24) is 0 Å². The van der Waals surface area contributed by atoms with Crippen LogP contribution in [0.25, 0.3) is 0 Å². The topological polar surface area (TPSA) is 85.3 Å². The fraction of sp³-hybridized carbons (Fsp3) is 0.440. The molecule has 33 heavy (non-hydrogen) atoms. The molecule has 0 saturated heterocycles. The van der Waals surface area contributed by atoms with Crippen LogP contribution >= 0.6 is 0 Å². The van der Waals surface area contributed by atoms with Crippen molar-refractivity contribution in [1.29, 1.82) is 0 Å². The first-order valence-corrected chi connectivity index (χ1v) is 11.2. The molecule has 0 radical (unpaired) electrons. The van der Waals surface area contributed by atoms with Gasteiger partial charge in [-0.05, 0) is 86.9 Å². The normalized spacial score (nSPS) is 17.9. The number of carboxylic acid groups (broad SMARTS) is 1. The SMILES string of the molecule is CCOc1ccc(N(C(=O)OC[C@H]2CC[C@H](COCC(=O)O)CC2)c2cccc(F)c2)cc1. The van der Waals surface area contributed by atoms with Crippen LogP contribution in [0.2, 0.25) is 0 Å². The smallest absolute Gasteiger partial charge is 0.418 e. The van der Waals surface area contributed by atoms with Crippen LogP contribution in [-0.2, 0) is 14.3 Å². The monoisotopic (exact) mass is 459 g/mol. The van der Waals surface area contributed by atoms with Gasteiger partial charge in [0.1, 0.15) is 18.2 Å². The molecule has 1 fully saturated rings. The van der Waals surface area contributed by atoms with Gasteiger partial charge in [0.25, 0.3) is 0 Å². The van der Waals surface area contributed by atoms with Crippen molar-refractivity contribution in [2.24, 2.45) is 11.8 Å². The molecule has 0 spiro atoms. The van der Waals surface area contributed by atoms with Crippen LogP contribution in [0.1, 0.15) is 32.6 Å². The molecule has 3 rings (SSSR count). The van der Waals surface area contributed by atoms with E-state index in [0.29, 0.717) is 36.3 Å². The first kappa shape index (κ1) is 24.5. The summed E-state index contributed by atoms with van der Waals surface area (Å²) in [5, 5.41) is 8.66. The van der Waals surface area contributed by atoms with Crippen LogP contribution in [0.5, 0.6) is 5.75 Å². The summed E-state index contributed by atoms with van der Waals surface area (Å²) in [5.74, 6) is -0.188. The molecule has 1 N–H and O–H groups in total. The number of carbonyl (C=O) groups is 2. The minimum Gasteiger partial charge on any atom is -0.494 e. The highest BCUT2D eigenvalue weighted by molar-refractivity contribution is 5.96. The molecule has 1 aliphatic carbocycles. The summed E-state index contributed by atoms with van der Waals surface area (Å²) >= 11 is 0. The molecule has 0 unspecified atom stereocenters. The zero-order chi connectivity index (χ0) is 23.6. The first-order valence-electron chi connectivity index (χ1n) is 11.2. The van der Waals surface area contributed by atoms with Gasteiger partial charge in [-0.25, -0.2) is 18.9 Å². The predicted octanol–water partition coefficient (Wildman–Crippen LogP) is 5.41. The van der Waals surface area contributed by atoms with Crippen LogP contribution in [0, 0.1) is 17.7 Å². The van der Waals surface area contributed by atoms with E-state index in [-0.39, 0.29) is 19.1 Å². The van der Waals surface area contributed by atoms with E-state index in [1.165, 1.54) is 17.0 Å². The maximum Gasteiger partial charge on any atom is 0.418 e. The molecule has 0 aliphatic heterocycles. The van der Waals surface area contributed by atoms with Gasteiger partial charge in [0.15, 0.2) is 0 Å². The third-order valence-electron chi connectivity index (χ3n) is 5.64. The second-order valence-corrected chi connectivity index (χ2v) is 8.11. The molecule has 1 aliphatic rings. The van der Waals surface area contributed by atoms with Crippen LogP contribution in [-0.4, -0.2) is 43.6 Å². The van der Waals surface area contributed by atoms with Gasteiger partial charge in [0, 0.05) is 0 Å². The van der Waals surface area contributed by atoms with Crippen molar-refractivity contribution in [3.8, 4) is 5.75 Å². The molecule has 178 valence electrons. The lowest BCUT2D eigenvalue weighted by Crippen LogP contribution is -2.30. The summed E-state index contributed by atoms with van der Waals surface area (Å²) in [6.07, 6.45) is 2.97. The molecule has 0 atom stereocenters. The number of carboxylic acids is 1. The Labute approximate surface area is 193 Å². The van der Waals surface area contributed by atoms with Crippen molar-refractivity contribution in [3.63, 3.8) is 0 Å². The maximum atomic E-state index is 13.9. The van der Waals surface area contributed by atoms with E-state index in [4.69, 9.17) is 19.3 Å². The van der Waals surface area contributed by atoms with E-state index in [9.17, 15) is 14.0 Å². The molecule has 1 saturated carbocycles. The quantitative estimate of drug-likeness (QED) is 0.512. The highest BCUT2D eigenvalue weighted by atomic mass is 19.1. The molecule has 7 nitrogen and oxygen atoms in total. The number of halogens is 1. The summed E-state index contributed by atoms with van der Waals surface area (Å²) < 4.78 is 30.2. The van der Waals surface area contributed by atoms with Gasteiger partial charge >= 0.3 is 12.1 Å². The zero-order valence-corrected chi connectivity index (χ0v) is 18.7. The van der Waals surface area contributed by atoms with Gasteiger partial charge in [-0.15, -0.1) is 0 Å². The van der Waals surface area contributed by atoms with E-state index in [1.54, 1.807) is 36.4 Å². The van der Waals surface area contributed by atoms with Crippen LogP contribution in [0.15, 0.2) is 48.5 Å². The highest BCUT2D eigenvalue weighted by Crippen LogP contribution is 2.31. The van der Waals surface area contributed by atoms with E-state index in [2.05, 4.69) is 0 Å². The number of carbonyl (C=O) groups excluding carboxylic acids is 1. The zero-order valence-electron chi connectivity index (χ0n) is 18.7. The average Bonchev–Trinajstić information content (AvgIpc) is 2.80. The second-order valence-electron chi connectivity index (χ2n) is 8.11. The summed E-state index contributed by atoms with van der Waals surface area (Å²) in [4.78, 5) is 25.0. The van der Waals surface area contributed by atoms with Crippen molar-refractivity contribution >= 4 is 23.4 Å². The Morgan fingerprint density at radius 1 is 1.00 bits per heavy atom. The van der Waals surface area contributed by atoms with Gasteiger partial charge in [0.05, 0.1) is 31.2 Å². The van der Waals surface area contributed by atoms with Crippen molar-refractivity contribution < 1.29 is 33.3 Å². The average molecular weight is 460 g/mol. The summed E-state index contributed by atoms with van der Waals surface area (Å²) in [5.41, 5.74) is 0.928. The number of aliphatic carboxylic acids is 1. The molecule has 8 heteroatoms. The number of hydrogen-bond donors (Lipinski definition) is 1. The maximum absolute atomic E-state index is 13.9. The molecule has 0 heterocycles. The first-order chi connectivity index (χ1) is 16.0. The fourth-order valence-electron chi connectivity index (χ4n) is 3.96. The second kappa shape index (κ2) is 12.2. The molecule has 1 amide bonds. The molecule has 0 aromatic heterocycles. The number of amides is 1. The predicted molar refractivity (Wildman–Crippen MR) is 121 cm³/mol. The fourth-order valence-corrected chi connectivity index (χ4v) is 3.96. The Bertz CT molecular complexity index is 911. The van der Waals surface area contributed by atoms with E-state index < -0.39 is 17.9 Å². The summed E-state index contributed by atoms with van der Waals surface area (Å²) in [6, 6.07) is 12.8. The Morgan fingerprint density at radius 3 is 2.27 bits per heavy atom. The molecular weight excluding hydrogens is 429 g/mol. The standard InChI is InChI=1S/C25H30FNO6/c1-2-32-23-12-10-21(11-13-23)27(22-5-3-4-20(26)14-22)25(30)33-16-19-8-6-18(7-9-19)15-31-17-24(28)29/h3-5,10-14,18-19H,2,6-9,15-17H2,1H3,(H,28,29)/t18-,19-. The Morgan fingerprint density at radius 2 is 1.67 bits per heavy atom. The lowest BCUT2D eigenvalue weighted by Gasteiger charge is -2.29.